The van der Waals surface area contributed by atoms with Gasteiger partial charge in [0.05, 0.1) is 13.2 Å². The van der Waals surface area contributed by atoms with Crippen molar-refractivity contribution in [1.82, 2.24) is 15.0 Å². The van der Waals surface area contributed by atoms with Crippen LogP contribution < -0.4 is 15.0 Å². The predicted octanol–water partition coefficient (Wildman–Crippen LogP) is 1.96. The molecule has 1 aliphatic carbocycles. The number of nitrogens with one attached hydrogen (secondary N) is 1. The highest BCUT2D eigenvalue weighted by Crippen LogP contribution is 2.25. The molecule has 0 aromatic carbocycles. The smallest absolute Gasteiger partial charge is 0.323 e. The first-order valence-corrected chi connectivity index (χ1v) is 7.98. The normalized spacial score (nSPS) is 14.4. The van der Waals surface area contributed by atoms with Gasteiger partial charge in [-0.1, -0.05) is 6.08 Å². The second-order valence-electron chi connectivity index (χ2n) is 5.01. The first-order chi connectivity index (χ1) is 10.8. The summed E-state index contributed by atoms with van der Waals surface area (Å²) in [6.45, 7) is 5.68. The van der Waals surface area contributed by atoms with E-state index in [0.717, 1.165) is 19.4 Å². The van der Waals surface area contributed by atoms with Crippen LogP contribution in [-0.4, -0.2) is 46.4 Å². The zero-order valence-electron chi connectivity index (χ0n) is 13.4. The number of nitrogens with zero attached hydrogens (tertiary/aromatic N) is 4. The second kappa shape index (κ2) is 8.53. The van der Waals surface area contributed by atoms with Crippen LogP contribution in [-0.2, 0) is 0 Å². The van der Waals surface area contributed by atoms with Crippen LogP contribution in [0.1, 0.15) is 39.5 Å². The van der Waals surface area contributed by atoms with Crippen LogP contribution in [0.3, 0.4) is 0 Å². The van der Waals surface area contributed by atoms with Crippen LogP contribution in [0.15, 0.2) is 11.8 Å². The van der Waals surface area contributed by atoms with Crippen LogP contribution in [0.2, 0.25) is 0 Å². The Kier molecular flexibility index (Phi) is 6.39. The number of anilines is 2. The molecule has 0 fully saturated rings. The first-order valence-electron chi connectivity index (χ1n) is 7.98. The highest BCUT2D eigenvalue weighted by molar-refractivity contribution is 5.44. The predicted molar refractivity (Wildman–Crippen MR) is 86.1 cm³/mol. The number of aliphatic hydroxyl groups is 1. The van der Waals surface area contributed by atoms with Gasteiger partial charge in [-0.05, 0) is 39.5 Å². The molecule has 0 amide bonds. The van der Waals surface area contributed by atoms with Gasteiger partial charge in [-0.25, -0.2) is 0 Å². The Bertz CT molecular complexity index is 507. The van der Waals surface area contributed by atoms with Crippen molar-refractivity contribution >= 4 is 11.9 Å². The topological polar surface area (TPSA) is 83.4 Å². The third-order valence-electron chi connectivity index (χ3n) is 3.44. The van der Waals surface area contributed by atoms with E-state index >= 15 is 0 Å². The maximum atomic E-state index is 8.94. The third-order valence-corrected chi connectivity index (χ3v) is 3.44. The molecule has 1 aromatic rings. The Morgan fingerprint density at radius 3 is 2.77 bits per heavy atom. The van der Waals surface area contributed by atoms with Gasteiger partial charge in [0.25, 0.3) is 0 Å². The van der Waals surface area contributed by atoms with E-state index in [9.17, 15) is 0 Å². The Labute approximate surface area is 131 Å². The van der Waals surface area contributed by atoms with Gasteiger partial charge in [-0.2, -0.15) is 15.0 Å². The Hall–Kier alpha value is -1.89. The minimum atomic E-state index is 0.0215. The van der Waals surface area contributed by atoms with E-state index in [-0.39, 0.29) is 6.61 Å². The average molecular weight is 307 g/mol. The van der Waals surface area contributed by atoms with E-state index < -0.39 is 0 Å². The van der Waals surface area contributed by atoms with Crippen molar-refractivity contribution in [3.05, 3.63) is 11.8 Å². The molecule has 0 aliphatic heterocycles. The summed E-state index contributed by atoms with van der Waals surface area (Å²) in [5, 5.41) is 11.9. The van der Waals surface area contributed by atoms with E-state index in [2.05, 4.69) is 38.2 Å². The molecule has 0 bridgehead atoms. The fourth-order valence-corrected chi connectivity index (χ4v) is 2.45. The number of ether oxygens (including phenoxy) is 1. The van der Waals surface area contributed by atoms with Crippen LogP contribution in [0.25, 0.3) is 0 Å². The minimum Gasteiger partial charge on any atom is -0.464 e. The fourth-order valence-electron chi connectivity index (χ4n) is 2.45. The minimum absolute atomic E-state index is 0.0215. The molecule has 1 heterocycles. The van der Waals surface area contributed by atoms with Crippen LogP contribution in [0.5, 0.6) is 6.01 Å². The Balaban J connectivity index is 2.29. The molecule has 7 heteroatoms. The summed E-state index contributed by atoms with van der Waals surface area (Å²) >= 11 is 0. The summed E-state index contributed by atoms with van der Waals surface area (Å²) in [4.78, 5) is 15.2. The Morgan fingerprint density at radius 2 is 2.14 bits per heavy atom. The summed E-state index contributed by atoms with van der Waals surface area (Å²) in [7, 11) is 0. The van der Waals surface area contributed by atoms with E-state index in [0.29, 0.717) is 31.1 Å². The molecule has 2 N–H and O–H groups in total. The zero-order chi connectivity index (χ0) is 15.8. The molecule has 1 aromatic heterocycles. The summed E-state index contributed by atoms with van der Waals surface area (Å²) in [5.74, 6) is 1.02. The SMILES string of the molecule is CCOc1nc(NCCO)nc(N(CC)C2=CCCCC2)n1. The maximum Gasteiger partial charge on any atom is 0.323 e. The van der Waals surface area contributed by atoms with Crippen molar-refractivity contribution in [2.45, 2.75) is 39.5 Å². The van der Waals surface area contributed by atoms with Crippen LogP contribution in [0, 0.1) is 0 Å². The number of aliphatic hydroxyl groups excluding tert-OH is 1. The van der Waals surface area contributed by atoms with E-state index in [4.69, 9.17) is 9.84 Å². The van der Waals surface area contributed by atoms with Crippen LogP contribution in [0.4, 0.5) is 11.9 Å². The monoisotopic (exact) mass is 307 g/mol. The fraction of sp³-hybridized carbons (Fsp3) is 0.667. The van der Waals surface area contributed by atoms with Gasteiger partial charge in [0, 0.05) is 18.8 Å². The number of hydrogen-bond donors (Lipinski definition) is 2. The molecule has 0 radical (unpaired) electrons. The van der Waals surface area contributed by atoms with Crippen molar-refractivity contribution in [2.24, 2.45) is 0 Å². The van der Waals surface area contributed by atoms with Gasteiger partial charge in [-0.15, -0.1) is 0 Å². The zero-order valence-corrected chi connectivity index (χ0v) is 13.4. The molecule has 0 spiro atoms. The van der Waals surface area contributed by atoms with Gasteiger partial charge in [0.2, 0.25) is 11.9 Å². The number of aromatic nitrogens is 3. The Morgan fingerprint density at radius 1 is 1.27 bits per heavy atom. The van der Waals surface area contributed by atoms with Gasteiger partial charge < -0.3 is 20.1 Å². The largest absolute Gasteiger partial charge is 0.464 e. The highest BCUT2D eigenvalue weighted by atomic mass is 16.5. The molecular weight excluding hydrogens is 282 g/mol. The second-order valence-corrected chi connectivity index (χ2v) is 5.01. The maximum absolute atomic E-state index is 8.94. The summed E-state index contributed by atoms with van der Waals surface area (Å²) in [5.41, 5.74) is 1.26. The van der Waals surface area contributed by atoms with E-state index in [1.165, 1.54) is 18.5 Å². The molecule has 1 aliphatic rings. The summed E-state index contributed by atoms with van der Waals surface area (Å²) in [6.07, 6.45) is 6.85. The standard InChI is InChI=1S/C15H25N5O2/c1-3-20(12-8-6-5-7-9-12)14-17-13(16-10-11-21)18-15(19-14)22-4-2/h8,21H,3-7,9-11H2,1-2H3,(H,16,17,18,19). The molecule has 0 unspecified atom stereocenters. The van der Waals surface area contributed by atoms with Gasteiger partial charge in [0.1, 0.15) is 0 Å². The molecule has 7 nitrogen and oxygen atoms in total. The molecule has 22 heavy (non-hydrogen) atoms. The van der Waals surface area contributed by atoms with Crippen molar-refractivity contribution in [2.75, 3.05) is 36.5 Å². The molecule has 122 valence electrons. The quantitative estimate of drug-likeness (QED) is 0.759. The molecule has 0 atom stereocenters. The molecule has 2 rings (SSSR count). The van der Waals surface area contributed by atoms with Crippen molar-refractivity contribution in [1.29, 1.82) is 0 Å². The highest BCUT2D eigenvalue weighted by Gasteiger charge is 2.18. The molecule has 0 saturated carbocycles. The van der Waals surface area contributed by atoms with Gasteiger partial charge in [-0.3, -0.25) is 0 Å². The lowest BCUT2D eigenvalue weighted by atomic mass is 10.0. The number of allylic oxidation sites excluding steroid dienone is 2. The lowest BCUT2D eigenvalue weighted by Crippen LogP contribution is -2.26. The van der Waals surface area contributed by atoms with Crippen molar-refractivity contribution in [3.63, 3.8) is 0 Å². The third kappa shape index (κ3) is 4.30. The average Bonchev–Trinajstić information content (AvgIpc) is 2.55. The lowest BCUT2D eigenvalue weighted by molar-refractivity contribution is 0.307. The van der Waals surface area contributed by atoms with E-state index in [1.54, 1.807) is 0 Å². The van der Waals surface area contributed by atoms with Gasteiger partial charge in [0.15, 0.2) is 0 Å². The van der Waals surface area contributed by atoms with E-state index in [1.807, 2.05) is 6.92 Å². The molecule has 0 saturated heterocycles. The van der Waals surface area contributed by atoms with Gasteiger partial charge >= 0.3 is 6.01 Å². The van der Waals surface area contributed by atoms with Crippen LogP contribution >= 0.6 is 0 Å². The van der Waals surface area contributed by atoms with Crippen molar-refractivity contribution in [3.8, 4) is 6.01 Å². The number of hydrogen-bond acceptors (Lipinski definition) is 7. The summed E-state index contributed by atoms with van der Waals surface area (Å²) in [6, 6.07) is 0.308. The molecular formula is C15H25N5O2. The lowest BCUT2D eigenvalue weighted by Gasteiger charge is -2.26. The van der Waals surface area contributed by atoms with Crippen molar-refractivity contribution < 1.29 is 9.84 Å². The number of rotatable bonds is 8. The summed E-state index contributed by atoms with van der Waals surface area (Å²) < 4.78 is 5.44. The first kappa shape index (κ1) is 16.5.